The lowest BCUT2D eigenvalue weighted by molar-refractivity contribution is 0.634. The van der Waals surface area contributed by atoms with E-state index in [1.807, 2.05) is 17.8 Å². The molecule has 2 aromatic rings. The second-order valence-electron chi connectivity index (χ2n) is 4.50. The fourth-order valence-corrected chi connectivity index (χ4v) is 2.28. The molecule has 0 aliphatic heterocycles. The van der Waals surface area contributed by atoms with E-state index in [4.69, 9.17) is 5.73 Å². The number of rotatable bonds is 5. The first-order valence-corrected chi connectivity index (χ1v) is 6.45. The van der Waals surface area contributed by atoms with E-state index in [1.54, 1.807) is 0 Å². The Balaban J connectivity index is 2.31. The number of H-pyrrole nitrogens is 1. The Bertz CT molecular complexity index is 523. The molecule has 0 aromatic carbocycles. The molecule has 0 aliphatic carbocycles. The van der Waals surface area contributed by atoms with Crippen molar-refractivity contribution < 1.29 is 0 Å². The Kier molecular flexibility index (Phi) is 3.81. The van der Waals surface area contributed by atoms with Crippen molar-refractivity contribution >= 4 is 0 Å². The highest BCUT2D eigenvalue weighted by molar-refractivity contribution is 5.64. The summed E-state index contributed by atoms with van der Waals surface area (Å²) in [5.41, 5.74) is 9.96. The topological polar surface area (TPSA) is 72.5 Å². The summed E-state index contributed by atoms with van der Waals surface area (Å²) in [5.74, 6) is 0.999. The molecule has 0 saturated heterocycles. The van der Waals surface area contributed by atoms with Gasteiger partial charge in [-0.25, -0.2) is 4.98 Å². The maximum atomic E-state index is 5.51. The van der Waals surface area contributed by atoms with E-state index in [-0.39, 0.29) is 0 Å². The number of aryl methyl sites for hydroxylation is 3. The Labute approximate surface area is 107 Å². The lowest BCUT2D eigenvalue weighted by Gasteiger charge is -2.00. The summed E-state index contributed by atoms with van der Waals surface area (Å²) < 4.78 is 2.02. The minimum absolute atomic E-state index is 0.696. The van der Waals surface area contributed by atoms with Crippen LogP contribution in [0.5, 0.6) is 0 Å². The smallest absolute Gasteiger partial charge is 0.106 e. The van der Waals surface area contributed by atoms with Crippen LogP contribution in [0, 0.1) is 13.8 Å². The predicted octanol–water partition coefficient (Wildman–Crippen LogP) is 1.80. The fourth-order valence-electron chi connectivity index (χ4n) is 2.28. The number of aromatic nitrogens is 4. The third kappa shape index (κ3) is 2.31. The normalized spacial score (nSPS) is 11.1. The maximum Gasteiger partial charge on any atom is 0.106 e. The van der Waals surface area contributed by atoms with Crippen molar-refractivity contribution in [3.63, 3.8) is 0 Å². The number of nitrogens with zero attached hydrogens (tertiary/aromatic N) is 3. The average molecular weight is 247 g/mol. The van der Waals surface area contributed by atoms with Gasteiger partial charge in [-0.15, -0.1) is 0 Å². The molecule has 0 spiro atoms. The highest BCUT2D eigenvalue weighted by Gasteiger charge is 2.14. The van der Waals surface area contributed by atoms with E-state index in [9.17, 15) is 0 Å². The molecule has 2 aromatic heterocycles. The molecule has 0 amide bonds. The first kappa shape index (κ1) is 12.8. The maximum absolute atomic E-state index is 5.51. The van der Waals surface area contributed by atoms with Crippen molar-refractivity contribution in [3.8, 4) is 11.3 Å². The molecule has 0 saturated carbocycles. The van der Waals surface area contributed by atoms with Gasteiger partial charge in [0.15, 0.2) is 0 Å². The van der Waals surface area contributed by atoms with Crippen LogP contribution >= 0.6 is 0 Å². The van der Waals surface area contributed by atoms with Crippen LogP contribution in [0.4, 0.5) is 0 Å². The molecule has 98 valence electrons. The van der Waals surface area contributed by atoms with E-state index in [2.05, 4.69) is 28.9 Å². The highest BCUT2D eigenvalue weighted by Crippen LogP contribution is 2.25. The number of nitrogens with one attached hydrogen (secondary N) is 1. The van der Waals surface area contributed by atoms with Crippen LogP contribution in [-0.4, -0.2) is 26.3 Å². The van der Waals surface area contributed by atoms with Crippen LogP contribution in [0.1, 0.15) is 30.6 Å². The summed E-state index contributed by atoms with van der Waals surface area (Å²) in [5, 5.41) is 4.53. The number of aromatic amines is 1. The van der Waals surface area contributed by atoms with Gasteiger partial charge >= 0.3 is 0 Å². The molecule has 5 nitrogen and oxygen atoms in total. The van der Waals surface area contributed by atoms with E-state index in [0.29, 0.717) is 6.54 Å². The van der Waals surface area contributed by atoms with Gasteiger partial charge in [-0.05, 0) is 33.7 Å². The van der Waals surface area contributed by atoms with Gasteiger partial charge in [-0.1, -0.05) is 0 Å². The molecule has 5 heteroatoms. The van der Waals surface area contributed by atoms with Crippen molar-refractivity contribution in [2.75, 3.05) is 6.54 Å². The molecule has 2 rings (SSSR count). The predicted molar refractivity (Wildman–Crippen MR) is 72.3 cm³/mol. The molecule has 0 fully saturated rings. The number of hydrogen-bond acceptors (Lipinski definition) is 3. The largest absolute Gasteiger partial charge is 0.342 e. The monoisotopic (exact) mass is 247 g/mol. The van der Waals surface area contributed by atoms with Crippen LogP contribution in [0.15, 0.2) is 6.20 Å². The number of imidazole rings is 1. The quantitative estimate of drug-likeness (QED) is 0.846. The minimum Gasteiger partial charge on any atom is -0.342 e. The van der Waals surface area contributed by atoms with Crippen LogP contribution in [-0.2, 0) is 13.0 Å². The number of hydrogen-bond donors (Lipinski definition) is 2. The highest BCUT2D eigenvalue weighted by atomic mass is 15.3. The molecular weight excluding hydrogens is 226 g/mol. The third-order valence-electron chi connectivity index (χ3n) is 3.20. The van der Waals surface area contributed by atoms with Gasteiger partial charge < -0.3 is 10.7 Å². The van der Waals surface area contributed by atoms with Crippen LogP contribution in [0.3, 0.4) is 0 Å². The third-order valence-corrected chi connectivity index (χ3v) is 3.20. The molecule has 18 heavy (non-hydrogen) atoms. The van der Waals surface area contributed by atoms with Crippen molar-refractivity contribution in [1.29, 1.82) is 0 Å². The van der Waals surface area contributed by atoms with Gasteiger partial charge in [0.05, 0.1) is 17.6 Å². The first-order chi connectivity index (χ1) is 8.67. The van der Waals surface area contributed by atoms with Crippen molar-refractivity contribution in [1.82, 2.24) is 19.7 Å². The summed E-state index contributed by atoms with van der Waals surface area (Å²) in [7, 11) is 0. The molecule has 0 aliphatic rings. The van der Waals surface area contributed by atoms with E-state index < -0.39 is 0 Å². The second kappa shape index (κ2) is 5.35. The molecule has 2 heterocycles. The Morgan fingerprint density at radius 2 is 2.17 bits per heavy atom. The van der Waals surface area contributed by atoms with Crippen molar-refractivity contribution in [3.05, 3.63) is 23.4 Å². The molecule has 0 unspecified atom stereocenters. The second-order valence-corrected chi connectivity index (χ2v) is 4.50. The zero-order chi connectivity index (χ0) is 13.1. The van der Waals surface area contributed by atoms with E-state index in [1.165, 1.54) is 11.3 Å². The van der Waals surface area contributed by atoms with Gasteiger partial charge in [-0.2, -0.15) is 5.10 Å². The van der Waals surface area contributed by atoms with Crippen LogP contribution in [0.25, 0.3) is 11.3 Å². The molecule has 3 N–H and O–H groups in total. The molecular formula is C13H21N5. The van der Waals surface area contributed by atoms with Crippen molar-refractivity contribution in [2.24, 2.45) is 5.73 Å². The lowest BCUT2D eigenvalue weighted by atomic mass is 10.1. The number of nitrogens with two attached hydrogens (primary N) is 1. The summed E-state index contributed by atoms with van der Waals surface area (Å²) in [6.07, 6.45) is 3.75. The van der Waals surface area contributed by atoms with Crippen molar-refractivity contribution in [2.45, 2.75) is 40.2 Å². The summed E-state index contributed by atoms with van der Waals surface area (Å²) in [6, 6.07) is 0. The van der Waals surface area contributed by atoms with Crippen LogP contribution in [0.2, 0.25) is 0 Å². The summed E-state index contributed by atoms with van der Waals surface area (Å²) in [4.78, 5) is 7.76. The zero-order valence-electron chi connectivity index (χ0n) is 11.3. The Hall–Kier alpha value is -1.62. The van der Waals surface area contributed by atoms with Crippen LogP contribution < -0.4 is 5.73 Å². The Morgan fingerprint density at radius 1 is 1.39 bits per heavy atom. The van der Waals surface area contributed by atoms with E-state index >= 15 is 0 Å². The molecule has 0 bridgehead atoms. The fraction of sp³-hybridized carbons (Fsp3) is 0.538. The Morgan fingerprint density at radius 3 is 2.78 bits per heavy atom. The van der Waals surface area contributed by atoms with Gasteiger partial charge in [0, 0.05) is 24.2 Å². The standard InChI is InChI=1S/C13H21N5/c1-4-18-10(3)13(9(2)17-18)11-8-15-12(16-11)6-5-7-14/h8H,4-7,14H2,1-3H3,(H,15,16). The SMILES string of the molecule is CCn1nc(C)c(-c2cnc(CCCN)[nH]2)c1C. The van der Waals surface area contributed by atoms with Gasteiger partial charge in [-0.3, -0.25) is 4.68 Å². The summed E-state index contributed by atoms with van der Waals surface area (Å²) in [6.45, 7) is 7.82. The zero-order valence-corrected chi connectivity index (χ0v) is 11.3. The lowest BCUT2D eigenvalue weighted by Crippen LogP contribution is -2.01. The summed E-state index contributed by atoms with van der Waals surface area (Å²) >= 11 is 0. The molecule has 0 atom stereocenters. The van der Waals surface area contributed by atoms with E-state index in [0.717, 1.165) is 36.6 Å². The minimum atomic E-state index is 0.696. The van der Waals surface area contributed by atoms with Gasteiger partial charge in [0.25, 0.3) is 0 Å². The molecule has 0 radical (unpaired) electrons. The average Bonchev–Trinajstić information content (AvgIpc) is 2.91. The van der Waals surface area contributed by atoms with Gasteiger partial charge in [0.2, 0.25) is 0 Å². The first-order valence-electron chi connectivity index (χ1n) is 6.45. The van der Waals surface area contributed by atoms with Gasteiger partial charge in [0.1, 0.15) is 5.82 Å².